The Morgan fingerprint density at radius 2 is 1.93 bits per heavy atom. The van der Waals surface area contributed by atoms with E-state index < -0.39 is 0 Å². The second-order valence-corrected chi connectivity index (χ2v) is 7.29. The Hall–Kier alpha value is -2.99. The summed E-state index contributed by atoms with van der Waals surface area (Å²) in [4.78, 5) is 12.7. The number of nitrogens with one attached hydrogen (secondary N) is 1. The van der Waals surface area contributed by atoms with E-state index in [1.165, 1.54) is 6.42 Å². The number of aryl methyl sites for hydroxylation is 2. The Kier molecular flexibility index (Phi) is 5.21. The van der Waals surface area contributed by atoms with Gasteiger partial charge in [0.1, 0.15) is 5.82 Å². The van der Waals surface area contributed by atoms with E-state index in [2.05, 4.69) is 20.1 Å². The first-order chi connectivity index (χ1) is 13.7. The first-order valence-electron chi connectivity index (χ1n) is 9.79. The molecular formula is C22H25N5O. The number of carbonyl (C=O) groups excluding carboxylic acids is 1. The van der Waals surface area contributed by atoms with E-state index in [1.807, 2.05) is 37.3 Å². The van der Waals surface area contributed by atoms with E-state index in [9.17, 15) is 4.79 Å². The summed E-state index contributed by atoms with van der Waals surface area (Å²) >= 11 is 0. The predicted molar refractivity (Wildman–Crippen MR) is 110 cm³/mol. The van der Waals surface area contributed by atoms with Crippen LogP contribution in [0.15, 0.2) is 42.5 Å². The van der Waals surface area contributed by atoms with Gasteiger partial charge < -0.3 is 15.6 Å². The Morgan fingerprint density at radius 3 is 2.71 bits per heavy atom. The van der Waals surface area contributed by atoms with E-state index in [4.69, 9.17) is 5.73 Å². The molecule has 1 amide bonds. The molecule has 4 rings (SSSR count). The topological polar surface area (TPSA) is 85.8 Å². The molecule has 1 aliphatic heterocycles. The highest BCUT2D eigenvalue weighted by molar-refractivity contribution is 6.04. The molecule has 28 heavy (non-hydrogen) atoms. The molecular weight excluding hydrogens is 350 g/mol. The van der Waals surface area contributed by atoms with Crippen molar-refractivity contribution in [3.63, 3.8) is 0 Å². The van der Waals surface area contributed by atoms with Crippen LogP contribution in [0, 0.1) is 6.92 Å². The summed E-state index contributed by atoms with van der Waals surface area (Å²) in [6.45, 7) is 3.40. The molecule has 2 aromatic carbocycles. The maximum atomic E-state index is 12.7. The molecule has 0 atom stereocenters. The molecule has 2 heterocycles. The van der Waals surface area contributed by atoms with Crippen LogP contribution in [0.1, 0.15) is 46.6 Å². The maximum absolute atomic E-state index is 12.7. The number of aromatic nitrogens is 3. The summed E-state index contributed by atoms with van der Waals surface area (Å²) in [6.07, 6.45) is 4.50. The number of benzene rings is 2. The van der Waals surface area contributed by atoms with Crippen LogP contribution in [-0.2, 0) is 19.5 Å². The molecule has 144 valence electrons. The molecule has 0 spiro atoms. The number of amides is 1. The van der Waals surface area contributed by atoms with Gasteiger partial charge in [-0.25, -0.2) is 0 Å². The Balaban J connectivity index is 1.61. The van der Waals surface area contributed by atoms with Crippen molar-refractivity contribution in [3.8, 4) is 11.4 Å². The van der Waals surface area contributed by atoms with Crippen LogP contribution in [0.25, 0.3) is 11.4 Å². The maximum Gasteiger partial charge on any atom is 0.255 e. The highest BCUT2D eigenvalue weighted by atomic mass is 16.1. The van der Waals surface area contributed by atoms with Crippen molar-refractivity contribution in [1.82, 2.24) is 14.8 Å². The summed E-state index contributed by atoms with van der Waals surface area (Å²) < 4.78 is 2.22. The fourth-order valence-corrected chi connectivity index (χ4v) is 3.58. The van der Waals surface area contributed by atoms with Crippen LogP contribution in [0.2, 0.25) is 0 Å². The summed E-state index contributed by atoms with van der Waals surface area (Å²) in [5.74, 6) is 1.79. The zero-order chi connectivity index (χ0) is 19.5. The van der Waals surface area contributed by atoms with Crippen molar-refractivity contribution in [2.75, 3.05) is 5.32 Å². The molecule has 0 radical (unpaired) electrons. The van der Waals surface area contributed by atoms with E-state index in [0.717, 1.165) is 59.8 Å². The number of nitrogens with two attached hydrogens (primary N) is 1. The minimum Gasteiger partial charge on any atom is -0.326 e. The number of carbonyl (C=O) groups is 1. The van der Waals surface area contributed by atoms with E-state index in [1.54, 1.807) is 12.1 Å². The first-order valence-corrected chi connectivity index (χ1v) is 9.79. The van der Waals surface area contributed by atoms with Crippen LogP contribution < -0.4 is 11.1 Å². The lowest BCUT2D eigenvalue weighted by atomic mass is 10.1. The van der Waals surface area contributed by atoms with Crippen LogP contribution >= 0.6 is 0 Å². The fraction of sp³-hybridized carbons (Fsp3) is 0.318. The van der Waals surface area contributed by atoms with Crippen molar-refractivity contribution in [2.24, 2.45) is 5.73 Å². The van der Waals surface area contributed by atoms with Gasteiger partial charge in [-0.2, -0.15) is 0 Å². The van der Waals surface area contributed by atoms with E-state index in [-0.39, 0.29) is 5.91 Å². The van der Waals surface area contributed by atoms with Crippen LogP contribution in [0.4, 0.5) is 5.69 Å². The Morgan fingerprint density at radius 1 is 1.11 bits per heavy atom. The summed E-state index contributed by atoms with van der Waals surface area (Å²) in [5.41, 5.74) is 10.0. The minimum atomic E-state index is -0.135. The van der Waals surface area contributed by atoms with E-state index >= 15 is 0 Å². The van der Waals surface area contributed by atoms with Crippen LogP contribution in [0.5, 0.6) is 0 Å². The lowest BCUT2D eigenvalue weighted by molar-refractivity contribution is 0.102. The van der Waals surface area contributed by atoms with E-state index in [0.29, 0.717) is 12.1 Å². The van der Waals surface area contributed by atoms with Gasteiger partial charge in [0.25, 0.3) is 5.91 Å². The fourth-order valence-electron chi connectivity index (χ4n) is 3.58. The minimum absolute atomic E-state index is 0.135. The molecule has 0 bridgehead atoms. The first kappa shape index (κ1) is 18.4. The molecule has 6 nitrogen and oxygen atoms in total. The number of hydrogen-bond donors (Lipinski definition) is 2. The second-order valence-electron chi connectivity index (χ2n) is 7.29. The lowest BCUT2D eigenvalue weighted by Gasteiger charge is -2.12. The molecule has 3 N–H and O–H groups in total. The smallest absolute Gasteiger partial charge is 0.255 e. The highest BCUT2D eigenvalue weighted by Crippen LogP contribution is 2.27. The normalized spacial score (nSPS) is 13.6. The van der Waals surface area contributed by atoms with Crippen molar-refractivity contribution in [3.05, 3.63) is 65.0 Å². The lowest BCUT2D eigenvalue weighted by Crippen LogP contribution is -2.13. The molecule has 0 saturated heterocycles. The number of rotatable bonds is 4. The van der Waals surface area contributed by atoms with Crippen molar-refractivity contribution < 1.29 is 4.79 Å². The third-order valence-electron chi connectivity index (χ3n) is 5.31. The van der Waals surface area contributed by atoms with Gasteiger partial charge in [0.05, 0.1) is 0 Å². The Labute approximate surface area is 164 Å². The average Bonchev–Trinajstić information content (AvgIpc) is 2.97. The molecule has 6 heteroatoms. The third-order valence-corrected chi connectivity index (χ3v) is 5.31. The van der Waals surface area contributed by atoms with Gasteiger partial charge in [0.2, 0.25) is 0 Å². The second kappa shape index (κ2) is 7.94. The van der Waals surface area contributed by atoms with Gasteiger partial charge in [0.15, 0.2) is 5.82 Å². The molecule has 0 aliphatic carbocycles. The standard InChI is InChI=1S/C22H25N5O/c1-15-6-9-18(21-26-25-20-5-3-2-4-12-27(20)21)13-19(15)24-22(28)17-10-7-16(14-23)8-11-17/h6-11,13H,2-5,12,14,23H2,1H3,(H,24,28). The van der Waals surface area contributed by atoms with Gasteiger partial charge in [-0.15, -0.1) is 10.2 Å². The highest BCUT2D eigenvalue weighted by Gasteiger charge is 2.17. The molecule has 1 aromatic heterocycles. The average molecular weight is 375 g/mol. The monoisotopic (exact) mass is 375 g/mol. The van der Waals surface area contributed by atoms with Gasteiger partial charge in [-0.05, 0) is 49.1 Å². The Bertz CT molecular complexity index is 991. The predicted octanol–water partition coefficient (Wildman–Crippen LogP) is 3.69. The largest absolute Gasteiger partial charge is 0.326 e. The van der Waals surface area contributed by atoms with Crippen molar-refractivity contribution in [1.29, 1.82) is 0 Å². The number of hydrogen-bond acceptors (Lipinski definition) is 4. The van der Waals surface area contributed by atoms with Crippen LogP contribution in [-0.4, -0.2) is 20.7 Å². The van der Waals surface area contributed by atoms with Crippen molar-refractivity contribution in [2.45, 2.75) is 45.7 Å². The zero-order valence-electron chi connectivity index (χ0n) is 16.1. The quantitative estimate of drug-likeness (QED) is 0.728. The molecule has 1 aliphatic rings. The molecule has 3 aromatic rings. The van der Waals surface area contributed by atoms with Crippen molar-refractivity contribution >= 4 is 11.6 Å². The van der Waals surface area contributed by atoms with Crippen LogP contribution in [0.3, 0.4) is 0 Å². The molecule has 0 unspecified atom stereocenters. The number of nitrogens with zero attached hydrogens (tertiary/aromatic N) is 3. The molecule has 0 fully saturated rings. The van der Waals surface area contributed by atoms with Gasteiger partial charge in [0, 0.05) is 36.3 Å². The number of anilines is 1. The van der Waals surface area contributed by atoms with Gasteiger partial charge >= 0.3 is 0 Å². The van der Waals surface area contributed by atoms with Gasteiger partial charge in [-0.3, -0.25) is 4.79 Å². The van der Waals surface area contributed by atoms with Gasteiger partial charge in [-0.1, -0.05) is 30.7 Å². The molecule has 0 saturated carbocycles. The third kappa shape index (κ3) is 3.68. The number of fused-ring (bicyclic) bond motifs is 1. The zero-order valence-corrected chi connectivity index (χ0v) is 16.1. The summed E-state index contributed by atoms with van der Waals surface area (Å²) in [5, 5.41) is 11.8. The summed E-state index contributed by atoms with van der Waals surface area (Å²) in [6, 6.07) is 13.4. The SMILES string of the molecule is Cc1ccc(-c2nnc3n2CCCCC3)cc1NC(=O)c1ccc(CN)cc1. The summed E-state index contributed by atoms with van der Waals surface area (Å²) in [7, 11) is 0.